The first kappa shape index (κ1) is 15.4. The van der Waals surface area contributed by atoms with E-state index in [4.69, 9.17) is 0 Å². The van der Waals surface area contributed by atoms with Crippen LogP contribution in [0.1, 0.15) is 5.56 Å². The minimum Gasteiger partial charge on any atom is -0.507 e. The molecule has 1 amide bonds. The molecular weight excluding hydrogens is 292 g/mol. The maximum absolute atomic E-state index is 13.4. The number of rotatable bonds is 4. The van der Waals surface area contributed by atoms with Crippen molar-refractivity contribution in [2.45, 2.75) is 0 Å². The minimum atomic E-state index is -1.10. The lowest BCUT2D eigenvalue weighted by molar-refractivity contribution is -0.132. The number of ketones is 1. The fourth-order valence-electron chi connectivity index (χ4n) is 1.64. The smallest absolute Gasteiger partial charge is 0.296 e. The Morgan fingerprint density at radius 2 is 1.64 bits per heavy atom. The second-order valence-electron chi connectivity index (χ2n) is 4.33. The Balaban J connectivity index is 2.11. The molecule has 0 unspecified atom stereocenters. The van der Waals surface area contributed by atoms with Crippen LogP contribution in [0.2, 0.25) is 0 Å². The Hall–Kier alpha value is -3.02. The van der Waals surface area contributed by atoms with Crippen LogP contribution >= 0.6 is 0 Å². The predicted octanol–water partition coefficient (Wildman–Crippen LogP) is 3.07. The second kappa shape index (κ2) is 6.62. The van der Waals surface area contributed by atoms with Crippen molar-refractivity contribution in [3.63, 3.8) is 0 Å². The molecule has 0 saturated heterocycles. The van der Waals surface area contributed by atoms with Gasteiger partial charge in [0.05, 0.1) is 5.69 Å². The van der Waals surface area contributed by atoms with E-state index in [-0.39, 0.29) is 11.3 Å². The van der Waals surface area contributed by atoms with Crippen LogP contribution in [0.4, 0.5) is 14.5 Å². The molecule has 22 heavy (non-hydrogen) atoms. The number of nitrogens with one attached hydrogen (secondary N) is 1. The van der Waals surface area contributed by atoms with Crippen LogP contribution < -0.4 is 5.32 Å². The van der Waals surface area contributed by atoms with Crippen LogP contribution in [0.25, 0.3) is 5.76 Å². The lowest BCUT2D eigenvalue weighted by Crippen LogP contribution is -2.21. The highest BCUT2D eigenvalue weighted by Gasteiger charge is 2.14. The van der Waals surface area contributed by atoms with Gasteiger partial charge in [0.25, 0.3) is 5.91 Å². The van der Waals surface area contributed by atoms with Gasteiger partial charge in [-0.2, -0.15) is 0 Å². The number of hydrogen-bond acceptors (Lipinski definition) is 3. The molecule has 0 aliphatic rings. The van der Waals surface area contributed by atoms with E-state index in [1.165, 1.54) is 30.3 Å². The van der Waals surface area contributed by atoms with Crippen LogP contribution in [0.15, 0.2) is 54.6 Å². The van der Waals surface area contributed by atoms with E-state index in [9.17, 15) is 23.5 Å². The summed E-state index contributed by atoms with van der Waals surface area (Å²) >= 11 is 0. The molecule has 2 N–H and O–H groups in total. The summed E-state index contributed by atoms with van der Waals surface area (Å²) < 4.78 is 26.1. The molecule has 4 nitrogen and oxygen atoms in total. The van der Waals surface area contributed by atoms with Crippen LogP contribution in [0, 0.1) is 11.6 Å². The molecular formula is C16H11F2NO3. The summed E-state index contributed by atoms with van der Waals surface area (Å²) in [6.45, 7) is 0. The van der Waals surface area contributed by atoms with Gasteiger partial charge in [-0.15, -0.1) is 0 Å². The fraction of sp³-hybridized carbons (Fsp3) is 0. The summed E-state index contributed by atoms with van der Waals surface area (Å²) in [4.78, 5) is 23.3. The van der Waals surface area contributed by atoms with Crippen molar-refractivity contribution in [1.29, 1.82) is 0 Å². The topological polar surface area (TPSA) is 66.4 Å². The maximum Gasteiger partial charge on any atom is 0.296 e. The first-order valence-electron chi connectivity index (χ1n) is 6.24. The molecule has 0 aliphatic carbocycles. The number of aliphatic hydroxyl groups excluding tert-OH is 1. The molecule has 2 aromatic rings. The van der Waals surface area contributed by atoms with Gasteiger partial charge in [0.2, 0.25) is 5.78 Å². The quantitative estimate of drug-likeness (QED) is 0.518. The fourth-order valence-corrected chi connectivity index (χ4v) is 1.64. The van der Waals surface area contributed by atoms with Gasteiger partial charge in [-0.3, -0.25) is 9.59 Å². The molecule has 0 aliphatic heterocycles. The number of halogens is 2. The van der Waals surface area contributed by atoms with Gasteiger partial charge in [0.1, 0.15) is 17.4 Å². The monoisotopic (exact) mass is 303 g/mol. The number of hydrogen-bond donors (Lipinski definition) is 2. The van der Waals surface area contributed by atoms with Gasteiger partial charge in [-0.05, 0) is 36.4 Å². The number of carbonyl (C=O) groups is 2. The Bertz CT molecular complexity index is 739. The number of amides is 1. The largest absolute Gasteiger partial charge is 0.507 e. The highest BCUT2D eigenvalue weighted by Crippen LogP contribution is 2.14. The zero-order valence-corrected chi connectivity index (χ0v) is 11.2. The Morgan fingerprint density at radius 1 is 1.00 bits per heavy atom. The van der Waals surface area contributed by atoms with E-state index in [1.807, 2.05) is 0 Å². The van der Waals surface area contributed by atoms with Gasteiger partial charge in [0.15, 0.2) is 0 Å². The highest BCUT2D eigenvalue weighted by molar-refractivity contribution is 6.45. The van der Waals surface area contributed by atoms with Crippen molar-refractivity contribution < 1.29 is 23.5 Å². The van der Waals surface area contributed by atoms with Crippen molar-refractivity contribution in [3.8, 4) is 0 Å². The molecule has 2 rings (SSSR count). The number of anilines is 1. The van der Waals surface area contributed by atoms with Crippen molar-refractivity contribution in [2.24, 2.45) is 0 Å². The average molecular weight is 303 g/mol. The second-order valence-corrected chi connectivity index (χ2v) is 4.33. The molecule has 112 valence electrons. The van der Waals surface area contributed by atoms with Crippen LogP contribution in [-0.4, -0.2) is 16.8 Å². The molecule has 2 aromatic carbocycles. The molecule has 0 fully saturated rings. The van der Waals surface area contributed by atoms with E-state index >= 15 is 0 Å². The summed E-state index contributed by atoms with van der Waals surface area (Å²) in [6.07, 6.45) is 0.684. The first-order valence-corrected chi connectivity index (χ1v) is 6.24. The molecule has 0 radical (unpaired) electrons. The lowest BCUT2D eigenvalue weighted by Gasteiger charge is -2.04. The number of para-hydroxylation sites is 1. The van der Waals surface area contributed by atoms with Crippen molar-refractivity contribution in [3.05, 3.63) is 71.8 Å². The van der Waals surface area contributed by atoms with Crippen molar-refractivity contribution in [2.75, 3.05) is 5.32 Å². The van der Waals surface area contributed by atoms with E-state index in [1.54, 1.807) is 0 Å². The van der Waals surface area contributed by atoms with Gasteiger partial charge < -0.3 is 10.4 Å². The number of aliphatic hydroxyl groups is 1. The summed E-state index contributed by atoms with van der Waals surface area (Å²) in [5.74, 6) is -3.84. The summed E-state index contributed by atoms with van der Waals surface area (Å²) in [5, 5.41) is 11.8. The van der Waals surface area contributed by atoms with E-state index < -0.39 is 29.1 Å². The zero-order valence-electron chi connectivity index (χ0n) is 11.2. The number of carbonyl (C=O) groups excluding carboxylic acids is 2. The molecule has 0 saturated carbocycles. The van der Waals surface area contributed by atoms with Crippen molar-refractivity contribution >= 4 is 23.1 Å². The molecule has 0 atom stereocenters. The zero-order chi connectivity index (χ0) is 16.1. The Kier molecular flexibility index (Phi) is 4.63. The van der Waals surface area contributed by atoms with Crippen LogP contribution in [-0.2, 0) is 9.59 Å². The van der Waals surface area contributed by atoms with E-state index in [0.29, 0.717) is 6.08 Å². The molecule has 0 spiro atoms. The van der Waals surface area contributed by atoms with Gasteiger partial charge in [-0.1, -0.05) is 12.1 Å². The first-order chi connectivity index (χ1) is 10.5. The summed E-state index contributed by atoms with van der Waals surface area (Å²) in [5.41, 5.74) is 0.0314. The average Bonchev–Trinajstić information content (AvgIpc) is 2.50. The van der Waals surface area contributed by atoms with E-state index in [2.05, 4.69) is 5.32 Å². The normalized spacial score (nSPS) is 11.1. The predicted molar refractivity (Wildman–Crippen MR) is 77.0 cm³/mol. The number of benzene rings is 2. The third-order valence-corrected chi connectivity index (χ3v) is 2.75. The van der Waals surface area contributed by atoms with Gasteiger partial charge >= 0.3 is 0 Å². The molecule has 0 heterocycles. The van der Waals surface area contributed by atoms with Gasteiger partial charge in [-0.25, -0.2) is 8.78 Å². The third kappa shape index (κ3) is 3.76. The van der Waals surface area contributed by atoms with Crippen LogP contribution in [0.5, 0.6) is 0 Å². The Labute approximate surface area is 124 Å². The minimum absolute atomic E-state index is 0.143. The van der Waals surface area contributed by atoms with Gasteiger partial charge in [0, 0.05) is 11.6 Å². The molecule has 6 heteroatoms. The maximum atomic E-state index is 13.4. The molecule has 0 aromatic heterocycles. The van der Waals surface area contributed by atoms with Crippen molar-refractivity contribution in [1.82, 2.24) is 0 Å². The lowest BCUT2D eigenvalue weighted by atomic mass is 10.1. The SMILES string of the molecule is O=C(C=C(O)c1ccc(F)cc1)C(=O)Nc1ccccc1F. The van der Waals surface area contributed by atoms with E-state index in [0.717, 1.165) is 18.2 Å². The summed E-state index contributed by atoms with van der Waals surface area (Å²) in [6, 6.07) is 10.1. The third-order valence-electron chi connectivity index (χ3n) is 2.75. The Morgan fingerprint density at radius 3 is 2.27 bits per heavy atom. The standard InChI is InChI=1S/C16H11F2NO3/c17-11-7-5-10(6-8-11)14(20)9-15(21)16(22)19-13-4-2-1-3-12(13)18/h1-9,20H,(H,19,22). The van der Waals surface area contributed by atoms with Crippen LogP contribution in [0.3, 0.4) is 0 Å². The summed E-state index contributed by atoms with van der Waals surface area (Å²) in [7, 11) is 0. The highest BCUT2D eigenvalue weighted by atomic mass is 19.1. The molecule has 0 bridgehead atoms.